The minimum absolute atomic E-state index is 0.0729. The van der Waals surface area contributed by atoms with Gasteiger partial charge in [0.1, 0.15) is 6.54 Å². The highest BCUT2D eigenvalue weighted by Crippen LogP contribution is 2.24. The van der Waals surface area contributed by atoms with Gasteiger partial charge in [0.25, 0.3) is 0 Å². The van der Waals surface area contributed by atoms with Gasteiger partial charge in [-0.15, -0.1) is 10.2 Å². The Morgan fingerprint density at radius 2 is 2.04 bits per heavy atom. The van der Waals surface area contributed by atoms with Gasteiger partial charge >= 0.3 is 0 Å². The molecule has 0 bridgehead atoms. The molecule has 0 spiro atoms. The molecule has 0 saturated heterocycles. The summed E-state index contributed by atoms with van der Waals surface area (Å²) >= 11 is 6.12. The van der Waals surface area contributed by atoms with Gasteiger partial charge in [0.2, 0.25) is 11.7 Å². The minimum Gasteiger partial charge on any atom is -0.352 e. The fourth-order valence-corrected chi connectivity index (χ4v) is 3.09. The van der Waals surface area contributed by atoms with Gasteiger partial charge in [0.15, 0.2) is 0 Å². The molecule has 0 aliphatic heterocycles. The number of nitrogens with zero attached hydrogens (tertiary/aromatic N) is 4. The van der Waals surface area contributed by atoms with Crippen LogP contribution in [0.3, 0.4) is 0 Å². The van der Waals surface area contributed by atoms with Crippen LogP contribution in [0.1, 0.15) is 32.6 Å². The van der Waals surface area contributed by atoms with E-state index in [9.17, 15) is 4.79 Å². The predicted molar refractivity (Wildman–Crippen MR) is 87.8 cm³/mol. The van der Waals surface area contributed by atoms with Gasteiger partial charge in [-0.1, -0.05) is 30.7 Å². The first-order valence-electron chi connectivity index (χ1n) is 7.94. The lowest BCUT2D eigenvalue weighted by Crippen LogP contribution is -2.39. The van der Waals surface area contributed by atoms with Crippen LogP contribution in [-0.2, 0) is 11.3 Å². The molecule has 1 aliphatic rings. The maximum Gasteiger partial charge on any atom is 0.243 e. The number of carbonyl (C=O) groups excluding carboxylic acids is 1. The van der Waals surface area contributed by atoms with E-state index in [4.69, 9.17) is 11.6 Å². The van der Waals surface area contributed by atoms with Crippen LogP contribution >= 0.6 is 11.6 Å². The third-order valence-corrected chi connectivity index (χ3v) is 4.56. The number of aromatic nitrogens is 4. The summed E-state index contributed by atoms with van der Waals surface area (Å²) in [6.45, 7) is 2.33. The van der Waals surface area contributed by atoms with Crippen LogP contribution in [0, 0.1) is 5.92 Å². The average Bonchev–Trinajstić information content (AvgIpc) is 2.98. The summed E-state index contributed by atoms with van der Waals surface area (Å²) in [6.07, 6.45) is 4.43. The first kappa shape index (κ1) is 15.9. The van der Waals surface area contributed by atoms with E-state index in [0.717, 1.165) is 18.8 Å². The van der Waals surface area contributed by atoms with Crippen LogP contribution in [0.15, 0.2) is 24.3 Å². The molecule has 7 heteroatoms. The lowest BCUT2D eigenvalue weighted by atomic mass is 9.87. The van der Waals surface area contributed by atoms with E-state index in [2.05, 4.69) is 27.7 Å². The summed E-state index contributed by atoms with van der Waals surface area (Å²) in [5.74, 6) is 1.11. The van der Waals surface area contributed by atoms with E-state index in [-0.39, 0.29) is 18.5 Å². The van der Waals surface area contributed by atoms with Crippen LogP contribution in [0.2, 0.25) is 5.02 Å². The average molecular weight is 334 g/mol. The van der Waals surface area contributed by atoms with Gasteiger partial charge in [0.05, 0.1) is 5.02 Å². The van der Waals surface area contributed by atoms with E-state index >= 15 is 0 Å². The van der Waals surface area contributed by atoms with E-state index < -0.39 is 0 Å². The summed E-state index contributed by atoms with van der Waals surface area (Å²) in [5.41, 5.74) is 0.710. The molecule has 1 aliphatic carbocycles. The number of amides is 1. The van der Waals surface area contributed by atoms with Crippen molar-refractivity contribution < 1.29 is 4.79 Å². The zero-order chi connectivity index (χ0) is 16.2. The van der Waals surface area contributed by atoms with Crippen LogP contribution in [0.25, 0.3) is 11.4 Å². The number of carbonyl (C=O) groups is 1. The number of benzene rings is 1. The molecular formula is C16H20ClN5O. The number of hydrogen-bond donors (Lipinski definition) is 1. The van der Waals surface area contributed by atoms with Crippen molar-refractivity contribution in [2.24, 2.45) is 5.92 Å². The van der Waals surface area contributed by atoms with Gasteiger partial charge < -0.3 is 5.32 Å². The van der Waals surface area contributed by atoms with Gasteiger partial charge in [-0.3, -0.25) is 4.79 Å². The molecule has 2 aromatic rings. The second kappa shape index (κ2) is 7.08. The predicted octanol–water partition coefficient (Wildman–Crippen LogP) is 2.69. The second-order valence-corrected chi connectivity index (χ2v) is 6.55. The van der Waals surface area contributed by atoms with Crippen molar-refractivity contribution in [3.05, 3.63) is 29.3 Å². The Balaban J connectivity index is 1.58. The minimum atomic E-state index is -0.0762. The number of halogens is 1. The van der Waals surface area contributed by atoms with E-state index in [0.29, 0.717) is 16.4 Å². The Kier molecular flexibility index (Phi) is 4.91. The fourth-order valence-electron chi connectivity index (χ4n) is 2.87. The molecule has 1 saturated carbocycles. The van der Waals surface area contributed by atoms with Crippen molar-refractivity contribution in [2.45, 2.75) is 45.2 Å². The molecule has 23 heavy (non-hydrogen) atoms. The Morgan fingerprint density at radius 3 is 2.78 bits per heavy atom. The Bertz CT molecular complexity index is 679. The topological polar surface area (TPSA) is 72.7 Å². The van der Waals surface area contributed by atoms with Crippen molar-refractivity contribution in [3.8, 4) is 11.4 Å². The van der Waals surface area contributed by atoms with Gasteiger partial charge in [-0.2, -0.15) is 4.80 Å². The highest BCUT2D eigenvalue weighted by atomic mass is 35.5. The zero-order valence-corrected chi connectivity index (χ0v) is 13.8. The smallest absolute Gasteiger partial charge is 0.243 e. The second-order valence-electron chi connectivity index (χ2n) is 6.15. The van der Waals surface area contributed by atoms with Crippen molar-refractivity contribution in [2.75, 3.05) is 0 Å². The highest BCUT2D eigenvalue weighted by molar-refractivity contribution is 6.33. The Morgan fingerprint density at radius 1 is 1.30 bits per heavy atom. The molecule has 1 amide bonds. The Hall–Kier alpha value is -1.95. The standard InChI is InChI=1S/C16H20ClN5O/c1-11-6-8-12(9-7-11)18-15(23)10-22-20-16(19-21-22)13-4-2-3-5-14(13)17/h2-5,11-12H,6-10H2,1H3,(H,18,23). The summed E-state index contributed by atoms with van der Waals surface area (Å²) in [6, 6.07) is 7.57. The molecule has 0 radical (unpaired) electrons. The normalized spacial score (nSPS) is 21.1. The number of nitrogens with one attached hydrogen (secondary N) is 1. The Labute approximate surface area is 140 Å². The molecule has 6 nitrogen and oxygen atoms in total. The molecule has 3 rings (SSSR count). The molecule has 1 aromatic heterocycles. The number of tetrazole rings is 1. The summed E-state index contributed by atoms with van der Waals surface area (Å²) < 4.78 is 0. The van der Waals surface area contributed by atoms with Crippen LogP contribution in [0.4, 0.5) is 0 Å². The zero-order valence-electron chi connectivity index (χ0n) is 13.1. The summed E-state index contributed by atoms with van der Waals surface area (Å²) in [4.78, 5) is 13.4. The third-order valence-electron chi connectivity index (χ3n) is 4.23. The maximum absolute atomic E-state index is 12.1. The first-order valence-corrected chi connectivity index (χ1v) is 8.31. The molecule has 0 unspecified atom stereocenters. The quantitative estimate of drug-likeness (QED) is 0.933. The van der Waals surface area contributed by atoms with Gasteiger partial charge in [0, 0.05) is 11.6 Å². The molecule has 1 fully saturated rings. The van der Waals surface area contributed by atoms with E-state index in [1.165, 1.54) is 17.6 Å². The number of rotatable bonds is 4. The lowest BCUT2D eigenvalue weighted by molar-refractivity contribution is -0.123. The van der Waals surface area contributed by atoms with Crippen molar-refractivity contribution in [3.63, 3.8) is 0 Å². The van der Waals surface area contributed by atoms with Crippen LogP contribution < -0.4 is 5.32 Å². The largest absolute Gasteiger partial charge is 0.352 e. The molecular weight excluding hydrogens is 314 g/mol. The SMILES string of the molecule is CC1CCC(NC(=O)Cn2nnc(-c3ccccc3Cl)n2)CC1. The molecule has 122 valence electrons. The molecule has 0 atom stereocenters. The van der Waals surface area contributed by atoms with Gasteiger partial charge in [-0.05, 0) is 48.9 Å². The molecule has 1 aromatic carbocycles. The molecule has 1 N–H and O–H groups in total. The summed E-state index contributed by atoms with van der Waals surface area (Å²) in [7, 11) is 0. The highest BCUT2D eigenvalue weighted by Gasteiger charge is 2.20. The lowest BCUT2D eigenvalue weighted by Gasteiger charge is -2.26. The maximum atomic E-state index is 12.1. The fraction of sp³-hybridized carbons (Fsp3) is 0.500. The van der Waals surface area contributed by atoms with Crippen LogP contribution in [0.5, 0.6) is 0 Å². The van der Waals surface area contributed by atoms with Crippen molar-refractivity contribution in [1.82, 2.24) is 25.5 Å². The van der Waals surface area contributed by atoms with E-state index in [1.807, 2.05) is 18.2 Å². The van der Waals surface area contributed by atoms with Crippen molar-refractivity contribution >= 4 is 17.5 Å². The number of hydrogen-bond acceptors (Lipinski definition) is 4. The summed E-state index contributed by atoms with van der Waals surface area (Å²) in [5, 5.41) is 15.8. The third kappa shape index (κ3) is 4.07. The first-order chi connectivity index (χ1) is 11.1. The van der Waals surface area contributed by atoms with Crippen LogP contribution in [-0.4, -0.2) is 32.2 Å². The van der Waals surface area contributed by atoms with Crippen molar-refractivity contribution in [1.29, 1.82) is 0 Å². The van der Waals surface area contributed by atoms with E-state index in [1.54, 1.807) is 6.07 Å². The molecule has 1 heterocycles. The monoisotopic (exact) mass is 333 g/mol. The van der Waals surface area contributed by atoms with Gasteiger partial charge in [-0.25, -0.2) is 0 Å².